The van der Waals surface area contributed by atoms with Crippen LogP contribution in [0, 0.1) is 22.7 Å². The fourth-order valence-electron chi connectivity index (χ4n) is 5.87. The minimum Gasteiger partial charge on any atom is -0.456 e. The first-order valence-corrected chi connectivity index (χ1v) is 13.9. The summed E-state index contributed by atoms with van der Waals surface area (Å²) in [4.78, 5) is 2.23. The monoisotopic (exact) mass is 551 g/mol. The third kappa shape index (κ3) is 4.00. The van der Waals surface area contributed by atoms with Crippen molar-refractivity contribution in [3.05, 3.63) is 139 Å². The summed E-state index contributed by atoms with van der Waals surface area (Å²) in [6.45, 7) is 0. The van der Waals surface area contributed by atoms with E-state index in [-0.39, 0.29) is 0 Å². The molecule has 43 heavy (non-hydrogen) atoms. The van der Waals surface area contributed by atoms with E-state index in [4.69, 9.17) is 8.83 Å². The summed E-state index contributed by atoms with van der Waals surface area (Å²) in [6, 6.07) is 46.5. The Labute approximate surface area is 246 Å². The number of anilines is 3. The average Bonchev–Trinajstić information content (AvgIpc) is 3.63. The summed E-state index contributed by atoms with van der Waals surface area (Å²) in [6.07, 6.45) is 0. The standard InChI is InChI=1S/C38H21N3O2/c39-22-26-10-9-25(19-27(26)23-40)24-11-13-28(14-12-24)41(29-15-17-37-33(20-29)31-5-1-3-7-35(31)42-37)30-16-18-38-34(21-30)32-6-2-4-8-36(32)43-38/h1-21H. The quantitative estimate of drug-likeness (QED) is 0.217. The molecule has 5 heteroatoms. The lowest BCUT2D eigenvalue weighted by atomic mass is 9.99. The third-order valence-corrected chi connectivity index (χ3v) is 7.96. The van der Waals surface area contributed by atoms with Crippen LogP contribution in [0.3, 0.4) is 0 Å². The van der Waals surface area contributed by atoms with Gasteiger partial charge in [0, 0.05) is 38.6 Å². The minimum atomic E-state index is 0.368. The van der Waals surface area contributed by atoms with E-state index in [1.165, 1.54) is 0 Å². The summed E-state index contributed by atoms with van der Waals surface area (Å²) in [5.41, 5.74) is 8.92. The van der Waals surface area contributed by atoms with Crippen molar-refractivity contribution in [2.24, 2.45) is 0 Å². The van der Waals surface area contributed by atoms with E-state index in [0.29, 0.717) is 11.1 Å². The van der Waals surface area contributed by atoms with E-state index in [1.54, 1.807) is 12.1 Å². The van der Waals surface area contributed by atoms with Gasteiger partial charge < -0.3 is 13.7 Å². The van der Waals surface area contributed by atoms with Gasteiger partial charge in [-0.15, -0.1) is 0 Å². The molecule has 0 fully saturated rings. The zero-order valence-corrected chi connectivity index (χ0v) is 22.8. The number of para-hydroxylation sites is 2. The summed E-state index contributed by atoms with van der Waals surface area (Å²) in [5, 5.41) is 23.1. The van der Waals surface area contributed by atoms with Crippen molar-refractivity contribution in [1.82, 2.24) is 0 Å². The van der Waals surface area contributed by atoms with Gasteiger partial charge in [0.1, 0.15) is 34.5 Å². The Morgan fingerprint density at radius 1 is 0.419 bits per heavy atom. The molecule has 0 aliphatic carbocycles. The van der Waals surface area contributed by atoms with Gasteiger partial charge in [-0.3, -0.25) is 0 Å². The second-order valence-electron chi connectivity index (χ2n) is 10.4. The SMILES string of the molecule is N#Cc1ccc(-c2ccc(N(c3ccc4oc5ccccc5c4c3)c3ccc4oc5ccccc5c4c3)cc2)cc1C#N. The molecule has 0 aliphatic heterocycles. The van der Waals surface area contributed by atoms with Crippen LogP contribution in [0.1, 0.15) is 11.1 Å². The van der Waals surface area contributed by atoms with E-state index in [9.17, 15) is 10.5 Å². The highest BCUT2D eigenvalue weighted by Crippen LogP contribution is 2.41. The van der Waals surface area contributed by atoms with Gasteiger partial charge in [0.25, 0.3) is 0 Å². The maximum Gasteiger partial charge on any atom is 0.135 e. The van der Waals surface area contributed by atoms with Crippen LogP contribution in [-0.2, 0) is 0 Å². The topological polar surface area (TPSA) is 77.1 Å². The van der Waals surface area contributed by atoms with Crippen LogP contribution < -0.4 is 4.90 Å². The molecule has 0 saturated carbocycles. The Bertz CT molecular complexity index is 2320. The normalized spacial score (nSPS) is 11.2. The highest BCUT2D eigenvalue weighted by atomic mass is 16.3. The molecule has 0 N–H and O–H groups in total. The smallest absolute Gasteiger partial charge is 0.135 e. The van der Waals surface area contributed by atoms with Gasteiger partial charge in [-0.1, -0.05) is 54.6 Å². The molecule has 8 rings (SSSR count). The van der Waals surface area contributed by atoms with Crippen LogP contribution in [0.2, 0.25) is 0 Å². The summed E-state index contributed by atoms with van der Waals surface area (Å²) in [7, 11) is 0. The van der Waals surface area contributed by atoms with Crippen molar-refractivity contribution < 1.29 is 8.83 Å². The first kappa shape index (κ1) is 24.5. The van der Waals surface area contributed by atoms with E-state index >= 15 is 0 Å². The molecule has 0 radical (unpaired) electrons. The third-order valence-electron chi connectivity index (χ3n) is 7.96. The molecular weight excluding hydrogens is 530 g/mol. The van der Waals surface area contributed by atoms with Crippen molar-refractivity contribution in [1.29, 1.82) is 10.5 Å². The van der Waals surface area contributed by atoms with Gasteiger partial charge in [-0.05, 0) is 83.9 Å². The van der Waals surface area contributed by atoms with Crippen molar-refractivity contribution in [2.75, 3.05) is 4.90 Å². The highest BCUT2D eigenvalue weighted by molar-refractivity contribution is 6.08. The van der Waals surface area contributed by atoms with Crippen LogP contribution in [-0.4, -0.2) is 0 Å². The number of furan rings is 2. The molecule has 2 heterocycles. The number of hydrogen-bond acceptors (Lipinski definition) is 5. The van der Waals surface area contributed by atoms with E-state index in [2.05, 4.69) is 65.6 Å². The molecule has 0 saturated heterocycles. The Kier molecular flexibility index (Phi) is 5.50. The Morgan fingerprint density at radius 3 is 1.47 bits per heavy atom. The Hall–Kier alpha value is -6.30. The Morgan fingerprint density at radius 2 is 0.907 bits per heavy atom. The first-order valence-electron chi connectivity index (χ1n) is 13.9. The predicted octanol–water partition coefficient (Wildman–Crippen LogP) is 10.4. The average molecular weight is 552 g/mol. The van der Waals surface area contributed by atoms with Gasteiger partial charge >= 0.3 is 0 Å². The highest BCUT2D eigenvalue weighted by Gasteiger charge is 2.18. The fraction of sp³-hybridized carbons (Fsp3) is 0. The van der Waals surface area contributed by atoms with Crippen molar-refractivity contribution in [3.8, 4) is 23.3 Å². The maximum absolute atomic E-state index is 9.52. The van der Waals surface area contributed by atoms with Crippen LogP contribution in [0.4, 0.5) is 17.1 Å². The minimum absolute atomic E-state index is 0.368. The molecule has 6 aromatic carbocycles. The predicted molar refractivity (Wildman–Crippen MR) is 171 cm³/mol. The second kappa shape index (κ2) is 9.66. The largest absolute Gasteiger partial charge is 0.456 e. The zero-order valence-electron chi connectivity index (χ0n) is 22.8. The summed E-state index contributed by atoms with van der Waals surface area (Å²) < 4.78 is 12.2. The number of nitrogens with zero attached hydrogens (tertiary/aromatic N) is 3. The molecule has 0 bridgehead atoms. The summed E-state index contributed by atoms with van der Waals surface area (Å²) in [5.74, 6) is 0. The van der Waals surface area contributed by atoms with Crippen molar-refractivity contribution >= 4 is 60.9 Å². The van der Waals surface area contributed by atoms with Crippen molar-refractivity contribution in [2.45, 2.75) is 0 Å². The maximum atomic E-state index is 9.52. The van der Waals surface area contributed by atoms with Gasteiger partial charge in [0.05, 0.1) is 11.1 Å². The molecule has 2 aromatic heterocycles. The number of nitriles is 2. The second-order valence-corrected chi connectivity index (χ2v) is 10.4. The molecular formula is C38H21N3O2. The lowest BCUT2D eigenvalue weighted by Gasteiger charge is -2.26. The van der Waals surface area contributed by atoms with E-state index in [0.717, 1.165) is 72.1 Å². The van der Waals surface area contributed by atoms with Crippen LogP contribution >= 0.6 is 0 Å². The van der Waals surface area contributed by atoms with E-state index in [1.807, 2.05) is 66.7 Å². The molecule has 5 nitrogen and oxygen atoms in total. The lowest BCUT2D eigenvalue weighted by molar-refractivity contribution is 0.668. The van der Waals surface area contributed by atoms with Crippen LogP contribution in [0.15, 0.2) is 136 Å². The number of hydrogen-bond donors (Lipinski definition) is 0. The van der Waals surface area contributed by atoms with Gasteiger partial charge in [0.2, 0.25) is 0 Å². The molecule has 0 spiro atoms. The molecule has 0 aliphatic rings. The number of rotatable bonds is 4. The van der Waals surface area contributed by atoms with Gasteiger partial charge in [-0.25, -0.2) is 0 Å². The molecule has 200 valence electrons. The Balaban J connectivity index is 1.30. The van der Waals surface area contributed by atoms with Crippen LogP contribution in [0.5, 0.6) is 0 Å². The number of fused-ring (bicyclic) bond motifs is 6. The van der Waals surface area contributed by atoms with Gasteiger partial charge in [-0.2, -0.15) is 10.5 Å². The van der Waals surface area contributed by atoms with E-state index < -0.39 is 0 Å². The molecule has 8 aromatic rings. The molecule has 0 unspecified atom stereocenters. The van der Waals surface area contributed by atoms with Crippen molar-refractivity contribution in [3.63, 3.8) is 0 Å². The van der Waals surface area contributed by atoms with Crippen LogP contribution in [0.25, 0.3) is 55.0 Å². The first-order chi connectivity index (χ1) is 21.2. The summed E-state index contributed by atoms with van der Waals surface area (Å²) >= 11 is 0. The lowest BCUT2D eigenvalue weighted by Crippen LogP contribution is -2.09. The zero-order chi connectivity index (χ0) is 28.9. The molecule has 0 amide bonds. The number of benzene rings is 6. The molecule has 0 atom stereocenters. The fourth-order valence-corrected chi connectivity index (χ4v) is 5.87. The van der Waals surface area contributed by atoms with Gasteiger partial charge in [0.15, 0.2) is 0 Å².